The van der Waals surface area contributed by atoms with Crippen molar-refractivity contribution >= 4 is 23.6 Å². The molecular formula is C16H27NO3S. The third kappa shape index (κ3) is 4.15. The molecule has 0 aromatic heterocycles. The van der Waals surface area contributed by atoms with Crippen LogP contribution in [0.1, 0.15) is 52.4 Å². The molecule has 0 aromatic carbocycles. The number of carboxylic acids is 1. The number of carboxylic acid groups (broad SMARTS) is 1. The number of carbonyl (C=O) groups is 2. The van der Waals surface area contributed by atoms with E-state index in [-0.39, 0.29) is 17.9 Å². The van der Waals surface area contributed by atoms with Gasteiger partial charge in [0.05, 0.1) is 11.8 Å². The molecule has 2 N–H and O–H groups in total. The summed E-state index contributed by atoms with van der Waals surface area (Å²) in [5, 5.41) is 13.1. The summed E-state index contributed by atoms with van der Waals surface area (Å²) in [6, 6.07) is 0.247. The molecule has 2 aliphatic rings. The van der Waals surface area contributed by atoms with E-state index in [0.29, 0.717) is 17.6 Å². The Morgan fingerprint density at radius 2 is 1.86 bits per heavy atom. The zero-order valence-corrected chi connectivity index (χ0v) is 13.8. The molecule has 5 atom stereocenters. The van der Waals surface area contributed by atoms with Crippen molar-refractivity contribution in [2.45, 2.75) is 63.7 Å². The van der Waals surface area contributed by atoms with Gasteiger partial charge in [-0.05, 0) is 43.8 Å². The van der Waals surface area contributed by atoms with Crippen LogP contribution in [0.15, 0.2) is 0 Å². The molecule has 5 heteroatoms. The predicted molar refractivity (Wildman–Crippen MR) is 85.3 cm³/mol. The second-order valence-electron chi connectivity index (χ2n) is 6.39. The summed E-state index contributed by atoms with van der Waals surface area (Å²) in [5.41, 5.74) is 0. The van der Waals surface area contributed by atoms with Crippen LogP contribution in [0, 0.1) is 17.8 Å². The molecule has 0 saturated heterocycles. The van der Waals surface area contributed by atoms with E-state index in [1.807, 2.05) is 11.8 Å². The molecule has 0 aliphatic heterocycles. The van der Waals surface area contributed by atoms with Crippen LogP contribution >= 0.6 is 11.8 Å². The fourth-order valence-corrected chi connectivity index (χ4v) is 4.95. The normalized spacial score (nSPS) is 35.8. The van der Waals surface area contributed by atoms with Crippen LogP contribution in [-0.4, -0.2) is 34.0 Å². The molecule has 120 valence electrons. The molecule has 5 unspecified atom stereocenters. The molecule has 0 bridgehead atoms. The monoisotopic (exact) mass is 313 g/mol. The van der Waals surface area contributed by atoms with Crippen molar-refractivity contribution in [1.29, 1.82) is 0 Å². The first kappa shape index (κ1) is 16.7. The summed E-state index contributed by atoms with van der Waals surface area (Å²) in [5.74, 6) is -0.147. The Bertz CT molecular complexity index is 388. The minimum absolute atomic E-state index is 0.0227. The van der Waals surface area contributed by atoms with Crippen LogP contribution in [0.4, 0.5) is 0 Å². The van der Waals surface area contributed by atoms with E-state index in [9.17, 15) is 14.7 Å². The van der Waals surface area contributed by atoms with Crippen LogP contribution in [0.3, 0.4) is 0 Å². The van der Waals surface area contributed by atoms with E-state index in [1.165, 1.54) is 0 Å². The smallest absolute Gasteiger partial charge is 0.307 e. The van der Waals surface area contributed by atoms with E-state index in [2.05, 4.69) is 19.2 Å². The highest BCUT2D eigenvalue weighted by atomic mass is 32.2. The van der Waals surface area contributed by atoms with Gasteiger partial charge in [-0.2, -0.15) is 11.8 Å². The quantitative estimate of drug-likeness (QED) is 0.791. The second kappa shape index (κ2) is 7.52. The molecule has 2 saturated carbocycles. The summed E-state index contributed by atoms with van der Waals surface area (Å²) in [7, 11) is 0. The minimum atomic E-state index is -0.808. The third-order valence-corrected chi connectivity index (χ3v) is 6.26. The number of carbonyl (C=O) groups excluding carboxylic acids is 1. The van der Waals surface area contributed by atoms with Crippen LogP contribution < -0.4 is 5.32 Å². The first-order chi connectivity index (χ1) is 10.0. The highest BCUT2D eigenvalue weighted by Crippen LogP contribution is 2.39. The van der Waals surface area contributed by atoms with Gasteiger partial charge in [0.25, 0.3) is 0 Å². The Labute approximate surface area is 131 Å². The Morgan fingerprint density at radius 1 is 1.14 bits per heavy atom. The number of nitrogens with one attached hydrogen (secondary N) is 1. The van der Waals surface area contributed by atoms with Crippen LogP contribution in [-0.2, 0) is 9.59 Å². The topological polar surface area (TPSA) is 66.4 Å². The summed E-state index contributed by atoms with van der Waals surface area (Å²) in [4.78, 5) is 23.8. The molecule has 2 rings (SSSR count). The highest BCUT2D eigenvalue weighted by molar-refractivity contribution is 7.99. The van der Waals surface area contributed by atoms with Gasteiger partial charge in [0.2, 0.25) is 5.91 Å². The Morgan fingerprint density at radius 3 is 2.48 bits per heavy atom. The van der Waals surface area contributed by atoms with Gasteiger partial charge in [-0.1, -0.05) is 20.3 Å². The van der Waals surface area contributed by atoms with Crippen LogP contribution in [0.2, 0.25) is 0 Å². The van der Waals surface area contributed by atoms with Crippen molar-refractivity contribution in [3.05, 3.63) is 0 Å². The number of amides is 1. The van der Waals surface area contributed by atoms with Gasteiger partial charge in [0.15, 0.2) is 0 Å². The Kier molecular flexibility index (Phi) is 5.97. The molecule has 2 aliphatic carbocycles. The lowest BCUT2D eigenvalue weighted by atomic mass is 9.95. The SMILES string of the molecule is CCSC1CCC(NC(=O)C2CC(CC)CC2C(=O)O)C1. The predicted octanol–water partition coefficient (Wildman–Crippen LogP) is 2.91. The number of aliphatic carboxylic acids is 1. The van der Waals surface area contributed by atoms with E-state index in [0.717, 1.165) is 37.9 Å². The Balaban J connectivity index is 1.89. The number of thioether (sulfide) groups is 1. The molecule has 0 aromatic rings. The maximum atomic E-state index is 12.5. The molecule has 0 radical (unpaired) electrons. The maximum absolute atomic E-state index is 12.5. The summed E-state index contributed by atoms with van der Waals surface area (Å²) < 4.78 is 0. The zero-order chi connectivity index (χ0) is 15.4. The second-order valence-corrected chi connectivity index (χ2v) is 7.97. The summed E-state index contributed by atoms with van der Waals surface area (Å²) >= 11 is 1.97. The zero-order valence-electron chi connectivity index (χ0n) is 13.0. The summed E-state index contributed by atoms with van der Waals surface area (Å²) in [6.45, 7) is 4.24. The Hall–Kier alpha value is -0.710. The molecule has 4 nitrogen and oxygen atoms in total. The van der Waals surface area contributed by atoms with E-state index in [1.54, 1.807) is 0 Å². The first-order valence-electron chi connectivity index (χ1n) is 8.19. The van der Waals surface area contributed by atoms with Gasteiger partial charge in [-0.25, -0.2) is 0 Å². The minimum Gasteiger partial charge on any atom is -0.481 e. The molecule has 2 fully saturated rings. The van der Waals surface area contributed by atoms with Gasteiger partial charge in [-0.3, -0.25) is 9.59 Å². The van der Waals surface area contributed by atoms with Crippen molar-refractivity contribution in [1.82, 2.24) is 5.32 Å². The van der Waals surface area contributed by atoms with Gasteiger partial charge in [-0.15, -0.1) is 0 Å². The highest BCUT2D eigenvalue weighted by Gasteiger charge is 2.42. The lowest BCUT2D eigenvalue weighted by Crippen LogP contribution is -2.40. The number of rotatable bonds is 6. The van der Waals surface area contributed by atoms with Gasteiger partial charge >= 0.3 is 5.97 Å². The largest absolute Gasteiger partial charge is 0.481 e. The fraction of sp³-hybridized carbons (Fsp3) is 0.875. The van der Waals surface area contributed by atoms with Gasteiger partial charge in [0.1, 0.15) is 0 Å². The third-order valence-electron chi connectivity index (χ3n) is 5.02. The van der Waals surface area contributed by atoms with Crippen LogP contribution in [0.25, 0.3) is 0 Å². The van der Waals surface area contributed by atoms with Crippen molar-refractivity contribution in [2.24, 2.45) is 17.8 Å². The van der Waals surface area contributed by atoms with Gasteiger partial charge < -0.3 is 10.4 Å². The maximum Gasteiger partial charge on any atom is 0.307 e. The average molecular weight is 313 g/mol. The van der Waals surface area contributed by atoms with Gasteiger partial charge in [0, 0.05) is 11.3 Å². The summed E-state index contributed by atoms with van der Waals surface area (Å²) in [6.07, 6.45) is 5.58. The molecule has 0 heterocycles. The van der Waals surface area contributed by atoms with Crippen LogP contribution in [0.5, 0.6) is 0 Å². The average Bonchev–Trinajstić information content (AvgIpc) is 3.05. The van der Waals surface area contributed by atoms with Crippen molar-refractivity contribution in [2.75, 3.05) is 5.75 Å². The van der Waals surface area contributed by atoms with E-state index >= 15 is 0 Å². The van der Waals surface area contributed by atoms with Crippen molar-refractivity contribution < 1.29 is 14.7 Å². The number of hydrogen-bond acceptors (Lipinski definition) is 3. The lowest BCUT2D eigenvalue weighted by molar-refractivity contribution is -0.146. The first-order valence-corrected chi connectivity index (χ1v) is 9.24. The van der Waals surface area contributed by atoms with Crippen molar-refractivity contribution in [3.63, 3.8) is 0 Å². The fourth-order valence-electron chi connectivity index (χ4n) is 3.81. The van der Waals surface area contributed by atoms with E-state index < -0.39 is 11.9 Å². The lowest BCUT2D eigenvalue weighted by Gasteiger charge is -2.19. The van der Waals surface area contributed by atoms with E-state index in [4.69, 9.17) is 0 Å². The number of hydrogen-bond donors (Lipinski definition) is 2. The van der Waals surface area contributed by atoms with Crippen molar-refractivity contribution in [3.8, 4) is 0 Å². The standard InChI is InChI=1S/C16H27NO3S/c1-3-10-7-13(14(8-10)16(19)20)15(18)17-11-5-6-12(9-11)21-4-2/h10-14H,3-9H2,1-2H3,(H,17,18)(H,19,20). The molecule has 1 amide bonds. The molecular weight excluding hydrogens is 286 g/mol. The molecule has 21 heavy (non-hydrogen) atoms. The molecule has 0 spiro atoms.